The van der Waals surface area contributed by atoms with E-state index in [1.54, 1.807) is 19.2 Å². The van der Waals surface area contributed by atoms with Gasteiger partial charge in [-0.3, -0.25) is 0 Å². The molecule has 3 rings (SSSR count). The second kappa shape index (κ2) is 7.86. The Morgan fingerprint density at radius 2 is 1.92 bits per heavy atom. The van der Waals surface area contributed by atoms with E-state index in [2.05, 4.69) is 11.5 Å². The van der Waals surface area contributed by atoms with Gasteiger partial charge >= 0.3 is 0 Å². The number of nitrogens with zero attached hydrogens (tertiary/aromatic N) is 1. The van der Waals surface area contributed by atoms with Crippen LogP contribution in [0, 0.1) is 17.1 Å². The summed E-state index contributed by atoms with van der Waals surface area (Å²) in [6.07, 6.45) is 3.51. The molecule has 1 aliphatic carbocycles. The van der Waals surface area contributed by atoms with Crippen molar-refractivity contribution in [1.29, 1.82) is 5.26 Å². The molecule has 0 bridgehead atoms. The Morgan fingerprint density at radius 1 is 1.23 bits per heavy atom. The Bertz CT molecular complexity index is 791. The van der Waals surface area contributed by atoms with Crippen LogP contribution in [0.1, 0.15) is 42.4 Å². The zero-order chi connectivity index (χ0) is 18.6. The van der Waals surface area contributed by atoms with Gasteiger partial charge in [-0.2, -0.15) is 5.26 Å². The lowest BCUT2D eigenvalue weighted by molar-refractivity contribution is 0.0974. The molecule has 1 aliphatic rings. The third-order valence-corrected chi connectivity index (χ3v) is 5.38. The number of halogens is 1. The number of hydrogen-bond acceptors (Lipinski definition) is 4. The Morgan fingerprint density at radius 3 is 2.50 bits per heavy atom. The predicted octanol–water partition coefficient (Wildman–Crippen LogP) is 4.11. The number of ether oxygens (including phenoxy) is 1. The van der Waals surface area contributed by atoms with Crippen molar-refractivity contribution in [3.63, 3.8) is 0 Å². The van der Waals surface area contributed by atoms with Gasteiger partial charge in [0.15, 0.2) is 0 Å². The minimum absolute atomic E-state index is 0.0495. The Labute approximate surface area is 153 Å². The summed E-state index contributed by atoms with van der Waals surface area (Å²) in [5.41, 5.74) is 4.73. The first-order valence-corrected chi connectivity index (χ1v) is 8.83. The Balaban J connectivity index is 1.91. The van der Waals surface area contributed by atoms with Crippen LogP contribution in [0.15, 0.2) is 42.5 Å². The molecule has 5 heteroatoms. The van der Waals surface area contributed by atoms with Crippen LogP contribution in [-0.2, 0) is 11.8 Å². The van der Waals surface area contributed by atoms with Crippen LogP contribution < -0.4 is 10.2 Å². The first-order chi connectivity index (χ1) is 12.6. The largest absolute Gasteiger partial charge is 0.496 e. The molecule has 2 aromatic rings. The van der Waals surface area contributed by atoms with E-state index in [0.29, 0.717) is 19.3 Å². The minimum atomic E-state index is -0.544. The highest BCUT2D eigenvalue weighted by Gasteiger charge is 2.37. The monoisotopic (exact) mass is 354 g/mol. The number of benzene rings is 2. The van der Waals surface area contributed by atoms with Gasteiger partial charge in [-0.25, -0.2) is 9.87 Å². The molecular formula is C21H23FN2O2. The molecule has 136 valence electrons. The zero-order valence-electron chi connectivity index (χ0n) is 14.8. The van der Waals surface area contributed by atoms with E-state index >= 15 is 0 Å². The fourth-order valence-corrected chi connectivity index (χ4v) is 3.74. The molecule has 1 saturated carbocycles. The van der Waals surface area contributed by atoms with E-state index in [1.807, 2.05) is 18.2 Å². The lowest BCUT2D eigenvalue weighted by atomic mass is 9.69. The van der Waals surface area contributed by atoms with Crippen molar-refractivity contribution in [3.05, 3.63) is 65.0 Å². The summed E-state index contributed by atoms with van der Waals surface area (Å²) in [7, 11) is 1.63. The topological polar surface area (TPSA) is 65.3 Å². The molecule has 1 fully saturated rings. The summed E-state index contributed by atoms with van der Waals surface area (Å²) >= 11 is 0. The van der Waals surface area contributed by atoms with Crippen LogP contribution in [-0.4, -0.2) is 18.4 Å². The average molecular weight is 354 g/mol. The maximum atomic E-state index is 13.2. The van der Waals surface area contributed by atoms with Gasteiger partial charge in [-0.05, 0) is 60.6 Å². The van der Waals surface area contributed by atoms with Crippen molar-refractivity contribution in [2.24, 2.45) is 0 Å². The van der Waals surface area contributed by atoms with E-state index in [-0.39, 0.29) is 11.9 Å². The fraction of sp³-hybridized carbons (Fsp3) is 0.381. The number of methoxy groups -OCH3 is 1. The highest BCUT2D eigenvalue weighted by atomic mass is 19.1. The van der Waals surface area contributed by atoms with E-state index < -0.39 is 5.41 Å². The smallest absolute Gasteiger partial charge is 0.123 e. The summed E-state index contributed by atoms with van der Waals surface area (Å²) in [5, 5.41) is 19.0. The second-order valence-corrected chi connectivity index (χ2v) is 6.93. The van der Waals surface area contributed by atoms with Gasteiger partial charge < -0.3 is 9.94 Å². The van der Waals surface area contributed by atoms with Gasteiger partial charge in [0.25, 0.3) is 0 Å². The van der Waals surface area contributed by atoms with Gasteiger partial charge in [0.05, 0.1) is 18.6 Å². The first kappa shape index (κ1) is 18.4. The summed E-state index contributed by atoms with van der Waals surface area (Å²) in [6.45, 7) is 0. The van der Waals surface area contributed by atoms with Gasteiger partial charge in [-0.15, -0.1) is 0 Å². The van der Waals surface area contributed by atoms with E-state index in [4.69, 9.17) is 9.94 Å². The molecule has 2 aromatic carbocycles. The molecule has 26 heavy (non-hydrogen) atoms. The van der Waals surface area contributed by atoms with Crippen LogP contribution in [0.25, 0.3) is 0 Å². The first-order valence-electron chi connectivity index (χ1n) is 8.83. The highest BCUT2D eigenvalue weighted by Crippen LogP contribution is 2.40. The third-order valence-electron chi connectivity index (χ3n) is 5.38. The maximum Gasteiger partial charge on any atom is 0.123 e. The summed E-state index contributed by atoms with van der Waals surface area (Å²) < 4.78 is 18.6. The Kier molecular flexibility index (Phi) is 5.55. The zero-order valence-corrected chi connectivity index (χ0v) is 14.8. The van der Waals surface area contributed by atoms with E-state index in [1.165, 1.54) is 12.1 Å². The van der Waals surface area contributed by atoms with Crippen molar-refractivity contribution < 1.29 is 14.3 Å². The molecule has 0 atom stereocenters. The summed E-state index contributed by atoms with van der Waals surface area (Å²) in [4.78, 5) is 0. The van der Waals surface area contributed by atoms with Crippen molar-refractivity contribution >= 4 is 0 Å². The SMILES string of the molecule is COc1ccc(C2(C#N)CCC(NO)CC2)cc1Cc1ccc(F)cc1. The van der Waals surface area contributed by atoms with Crippen LogP contribution in [0.5, 0.6) is 5.75 Å². The molecule has 2 N–H and O–H groups in total. The number of hydroxylamine groups is 1. The molecule has 0 aliphatic heterocycles. The van der Waals surface area contributed by atoms with Crippen molar-refractivity contribution in [3.8, 4) is 11.8 Å². The van der Waals surface area contributed by atoms with Crippen LogP contribution in [0.4, 0.5) is 4.39 Å². The Hall–Kier alpha value is -2.42. The second-order valence-electron chi connectivity index (χ2n) is 6.93. The van der Waals surface area contributed by atoms with Gasteiger partial charge in [0, 0.05) is 12.5 Å². The molecular weight excluding hydrogens is 331 g/mol. The van der Waals surface area contributed by atoms with Crippen molar-refractivity contribution in [2.45, 2.75) is 43.6 Å². The average Bonchev–Trinajstić information content (AvgIpc) is 2.69. The minimum Gasteiger partial charge on any atom is -0.496 e. The molecule has 0 heterocycles. The van der Waals surface area contributed by atoms with Gasteiger partial charge in [0.2, 0.25) is 0 Å². The molecule has 0 aromatic heterocycles. The summed E-state index contributed by atoms with van der Waals surface area (Å²) in [6, 6.07) is 14.9. The lowest BCUT2D eigenvalue weighted by Gasteiger charge is -2.35. The molecule has 0 saturated heterocycles. The van der Waals surface area contributed by atoms with Gasteiger partial charge in [0.1, 0.15) is 11.6 Å². The van der Waals surface area contributed by atoms with Crippen molar-refractivity contribution in [1.82, 2.24) is 5.48 Å². The normalized spacial score (nSPS) is 22.6. The third kappa shape index (κ3) is 3.72. The van der Waals surface area contributed by atoms with Crippen molar-refractivity contribution in [2.75, 3.05) is 7.11 Å². The molecule has 0 spiro atoms. The van der Waals surface area contributed by atoms with E-state index in [0.717, 1.165) is 35.3 Å². The summed E-state index contributed by atoms with van der Waals surface area (Å²) in [5.74, 6) is 0.504. The molecule has 0 unspecified atom stereocenters. The quantitative estimate of drug-likeness (QED) is 0.793. The van der Waals surface area contributed by atoms with Crippen LogP contribution in [0.2, 0.25) is 0 Å². The standard InChI is InChI=1S/C21H23FN2O2/c1-26-20-7-4-17(21(14-23)10-8-19(24-25)9-11-21)13-16(20)12-15-2-5-18(22)6-3-15/h2-7,13,19,24-25H,8-12H2,1H3. The van der Waals surface area contributed by atoms with E-state index in [9.17, 15) is 9.65 Å². The number of rotatable bonds is 5. The fourth-order valence-electron chi connectivity index (χ4n) is 3.74. The van der Waals surface area contributed by atoms with Crippen LogP contribution in [0.3, 0.4) is 0 Å². The number of nitriles is 1. The molecule has 4 nitrogen and oxygen atoms in total. The van der Waals surface area contributed by atoms with Crippen LogP contribution >= 0.6 is 0 Å². The number of hydrogen-bond donors (Lipinski definition) is 2. The maximum absolute atomic E-state index is 13.2. The lowest BCUT2D eigenvalue weighted by Crippen LogP contribution is -2.38. The number of nitrogens with one attached hydrogen (secondary N) is 1. The highest BCUT2D eigenvalue weighted by molar-refractivity contribution is 5.45. The predicted molar refractivity (Wildman–Crippen MR) is 96.7 cm³/mol. The van der Waals surface area contributed by atoms with Gasteiger partial charge in [-0.1, -0.05) is 24.3 Å². The molecule has 0 amide bonds. The molecule has 0 radical (unpaired) electrons.